The number of fused-ring (bicyclic) bond motifs is 1. The van der Waals surface area contributed by atoms with Gasteiger partial charge in [0.25, 0.3) is 0 Å². The zero-order chi connectivity index (χ0) is 13.2. The molecule has 0 bridgehead atoms. The van der Waals surface area contributed by atoms with E-state index in [-0.39, 0.29) is 12.6 Å². The minimum absolute atomic E-state index is 0.0756. The number of carboxylic acid groups (broad SMARTS) is 1. The van der Waals surface area contributed by atoms with Crippen molar-refractivity contribution in [2.24, 2.45) is 0 Å². The van der Waals surface area contributed by atoms with E-state index in [1.54, 1.807) is 0 Å². The summed E-state index contributed by atoms with van der Waals surface area (Å²) in [5.74, 6) is 0.712. The topological polar surface area (TPSA) is 59.0 Å². The van der Waals surface area contributed by atoms with E-state index in [1.165, 1.54) is 0 Å². The van der Waals surface area contributed by atoms with Crippen molar-refractivity contribution in [1.29, 1.82) is 0 Å². The van der Waals surface area contributed by atoms with Crippen molar-refractivity contribution in [3.63, 3.8) is 0 Å². The summed E-state index contributed by atoms with van der Waals surface area (Å²) in [7, 11) is 0. The van der Waals surface area contributed by atoms with Crippen LogP contribution in [0.4, 0.5) is 0 Å². The molecule has 19 heavy (non-hydrogen) atoms. The van der Waals surface area contributed by atoms with Gasteiger partial charge in [-0.05, 0) is 25.0 Å². The molecule has 1 aliphatic carbocycles. The van der Waals surface area contributed by atoms with E-state index < -0.39 is 5.97 Å². The summed E-state index contributed by atoms with van der Waals surface area (Å²) in [6, 6.07) is 7.96. The SMILES string of the molecule is O=C(O)CN(C[C@H]1COc2ccccc2O1)C1CC1. The number of aliphatic carboxylic acids is 1. The molecule has 1 aromatic rings. The van der Waals surface area contributed by atoms with Crippen molar-refractivity contribution >= 4 is 5.97 Å². The van der Waals surface area contributed by atoms with Gasteiger partial charge in [-0.15, -0.1) is 0 Å². The Hall–Kier alpha value is -1.75. The number of ether oxygens (including phenoxy) is 2. The number of rotatable bonds is 5. The van der Waals surface area contributed by atoms with E-state index in [9.17, 15) is 4.79 Å². The summed E-state index contributed by atoms with van der Waals surface area (Å²) in [4.78, 5) is 12.8. The minimum atomic E-state index is -0.788. The van der Waals surface area contributed by atoms with Crippen LogP contribution in [0.1, 0.15) is 12.8 Å². The molecule has 5 heteroatoms. The van der Waals surface area contributed by atoms with Gasteiger partial charge >= 0.3 is 5.97 Å². The fourth-order valence-corrected chi connectivity index (χ4v) is 2.37. The fraction of sp³-hybridized carbons (Fsp3) is 0.500. The number of benzene rings is 1. The molecule has 1 saturated carbocycles. The molecule has 0 aromatic heterocycles. The third-order valence-electron chi connectivity index (χ3n) is 3.41. The molecule has 1 fully saturated rings. The van der Waals surface area contributed by atoms with Gasteiger partial charge in [0, 0.05) is 12.6 Å². The summed E-state index contributed by atoms with van der Waals surface area (Å²) < 4.78 is 11.5. The number of hydrogen-bond acceptors (Lipinski definition) is 4. The lowest BCUT2D eigenvalue weighted by Gasteiger charge is -2.30. The van der Waals surface area contributed by atoms with Gasteiger partial charge < -0.3 is 14.6 Å². The van der Waals surface area contributed by atoms with Gasteiger partial charge in [0.15, 0.2) is 11.5 Å². The number of carboxylic acids is 1. The maximum atomic E-state index is 10.9. The normalized spacial score (nSPS) is 21.4. The Labute approximate surface area is 111 Å². The lowest BCUT2D eigenvalue weighted by molar-refractivity contribution is -0.138. The second kappa shape index (κ2) is 5.09. The first-order chi connectivity index (χ1) is 9.22. The molecule has 1 aromatic carbocycles. The van der Waals surface area contributed by atoms with Gasteiger partial charge in [0.1, 0.15) is 12.7 Å². The van der Waals surface area contributed by atoms with Gasteiger partial charge in [-0.1, -0.05) is 12.1 Å². The maximum Gasteiger partial charge on any atom is 0.317 e. The van der Waals surface area contributed by atoms with E-state index >= 15 is 0 Å². The average Bonchev–Trinajstić information content (AvgIpc) is 3.21. The summed E-state index contributed by atoms with van der Waals surface area (Å²) >= 11 is 0. The van der Waals surface area contributed by atoms with Gasteiger partial charge in [0.2, 0.25) is 0 Å². The van der Waals surface area contributed by atoms with Crippen molar-refractivity contribution in [2.45, 2.75) is 25.0 Å². The Morgan fingerprint density at radius 3 is 2.74 bits per heavy atom. The van der Waals surface area contributed by atoms with Crippen LogP contribution < -0.4 is 9.47 Å². The van der Waals surface area contributed by atoms with Crippen LogP contribution in [0.5, 0.6) is 11.5 Å². The zero-order valence-corrected chi connectivity index (χ0v) is 10.6. The molecule has 0 amide bonds. The number of carbonyl (C=O) groups is 1. The van der Waals surface area contributed by atoms with Crippen LogP contribution in [0.25, 0.3) is 0 Å². The van der Waals surface area contributed by atoms with E-state index in [0.717, 1.165) is 24.3 Å². The van der Waals surface area contributed by atoms with Crippen molar-refractivity contribution in [1.82, 2.24) is 4.90 Å². The van der Waals surface area contributed by atoms with E-state index in [0.29, 0.717) is 19.2 Å². The quantitative estimate of drug-likeness (QED) is 0.869. The highest BCUT2D eigenvalue weighted by atomic mass is 16.6. The first-order valence-corrected chi connectivity index (χ1v) is 6.56. The van der Waals surface area contributed by atoms with Gasteiger partial charge in [0.05, 0.1) is 6.54 Å². The Balaban J connectivity index is 1.62. The van der Waals surface area contributed by atoms with Gasteiger partial charge in [-0.25, -0.2) is 0 Å². The van der Waals surface area contributed by atoms with E-state index in [4.69, 9.17) is 14.6 Å². The smallest absolute Gasteiger partial charge is 0.317 e. The second-order valence-corrected chi connectivity index (χ2v) is 5.05. The van der Waals surface area contributed by atoms with Gasteiger partial charge in [-0.3, -0.25) is 9.69 Å². The lowest BCUT2D eigenvalue weighted by Crippen LogP contribution is -2.43. The molecule has 1 heterocycles. The Morgan fingerprint density at radius 2 is 2.05 bits per heavy atom. The van der Waals surface area contributed by atoms with E-state index in [1.807, 2.05) is 29.2 Å². The van der Waals surface area contributed by atoms with Crippen molar-refractivity contribution in [3.05, 3.63) is 24.3 Å². The number of nitrogens with zero attached hydrogens (tertiary/aromatic N) is 1. The van der Waals surface area contributed by atoms with Crippen LogP contribution in [0.2, 0.25) is 0 Å². The molecular weight excluding hydrogens is 246 g/mol. The minimum Gasteiger partial charge on any atom is -0.486 e. The zero-order valence-electron chi connectivity index (χ0n) is 10.6. The van der Waals surface area contributed by atoms with Crippen molar-refractivity contribution in [3.8, 4) is 11.5 Å². The molecular formula is C14H17NO4. The summed E-state index contributed by atoms with van der Waals surface area (Å²) in [5, 5.41) is 8.93. The van der Waals surface area contributed by atoms with Crippen molar-refractivity contribution in [2.75, 3.05) is 19.7 Å². The molecule has 1 N–H and O–H groups in total. The molecule has 3 rings (SSSR count). The standard InChI is InChI=1S/C14H17NO4/c16-14(17)8-15(10-5-6-10)7-11-9-18-12-3-1-2-4-13(12)19-11/h1-4,10-11H,5-9H2,(H,16,17)/t11-/m0/s1. The molecule has 5 nitrogen and oxygen atoms in total. The van der Waals surface area contributed by atoms with Crippen molar-refractivity contribution < 1.29 is 19.4 Å². The molecule has 0 radical (unpaired) electrons. The summed E-state index contributed by atoms with van der Waals surface area (Å²) in [6.45, 7) is 1.15. The van der Waals surface area contributed by atoms with Gasteiger partial charge in [-0.2, -0.15) is 0 Å². The molecule has 1 atom stereocenters. The Bertz CT molecular complexity index is 472. The third kappa shape index (κ3) is 2.98. The second-order valence-electron chi connectivity index (χ2n) is 5.05. The van der Waals surface area contributed by atoms with Crippen LogP contribution >= 0.6 is 0 Å². The Morgan fingerprint density at radius 1 is 1.32 bits per heavy atom. The third-order valence-corrected chi connectivity index (χ3v) is 3.41. The van der Waals surface area contributed by atoms with Crippen LogP contribution in [-0.2, 0) is 4.79 Å². The first-order valence-electron chi connectivity index (χ1n) is 6.56. The predicted molar refractivity (Wildman–Crippen MR) is 68.6 cm³/mol. The first kappa shape index (κ1) is 12.3. The fourth-order valence-electron chi connectivity index (χ4n) is 2.37. The summed E-state index contributed by atoms with van der Waals surface area (Å²) in [5.41, 5.74) is 0. The Kier molecular flexibility index (Phi) is 3.29. The number of para-hydroxylation sites is 2. The summed E-state index contributed by atoms with van der Waals surface area (Å²) in [6.07, 6.45) is 2.06. The largest absolute Gasteiger partial charge is 0.486 e. The highest BCUT2D eigenvalue weighted by Crippen LogP contribution is 2.32. The maximum absolute atomic E-state index is 10.9. The lowest BCUT2D eigenvalue weighted by atomic mass is 10.2. The van der Waals surface area contributed by atoms with Crippen LogP contribution in [0.15, 0.2) is 24.3 Å². The molecule has 2 aliphatic rings. The monoisotopic (exact) mass is 263 g/mol. The number of hydrogen-bond donors (Lipinski definition) is 1. The molecule has 102 valence electrons. The molecule has 1 aliphatic heterocycles. The average molecular weight is 263 g/mol. The molecule has 0 unspecified atom stereocenters. The van der Waals surface area contributed by atoms with Crippen LogP contribution in [-0.4, -0.2) is 47.8 Å². The molecule has 0 saturated heterocycles. The highest BCUT2D eigenvalue weighted by molar-refractivity contribution is 5.69. The predicted octanol–water partition coefficient (Wildman–Crippen LogP) is 1.38. The molecule has 0 spiro atoms. The van der Waals surface area contributed by atoms with E-state index in [2.05, 4.69) is 0 Å². The van der Waals surface area contributed by atoms with Crippen LogP contribution in [0.3, 0.4) is 0 Å². The highest BCUT2D eigenvalue weighted by Gasteiger charge is 2.33. The van der Waals surface area contributed by atoms with Crippen LogP contribution in [0, 0.1) is 0 Å².